The highest BCUT2D eigenvalue weighted by molar-refractivity contribution is 5.79. The van der Waals surface area contributed by atoms with E-state index in [1.54, 1.807) is 19.2 Å². The first-order chi connectivity index (χ1) is 14.2. The second-order valence-electron chi connectivity index (χ2n) is 6.63. The molecule has 0 heterocycles. The molecule has 3 N–H and O–H groups in total. The summed E-state index contributed by atoms with van der Waals surface area (Å²) in [5.41, 5.74) is 2.31. The van der Waals surface area contributed by atoms with E-state index in [-0.39, 0.29) is 0 Å². The number of rotatable bonds is 11. The molecular weight excluding hydrogens is 366 g/mol. The summed E-state index contributed by atoms with van der Waals surface area (Å²) in [6, 6.07) is 13.4. The van der Waals surface area contributed by atoms with Gasteiger partial charge in [-0.2, -0.15) is 0 Å². The van der Waals surface area contributed by atoms with Gasteiger partial charge in [-0.25, -0.2) is 0 Å². The Morgan fingerprint density at radius 3 is 2.55 bits per heavy atom. The van der Waals surface area contributed by atoms with Crippen molar-refractivity contribution in [2.75, 3.05) is 33.4 Å². The molecule has 0 amide bonds. The van der Waals surface area contributed by atoms with Crippen LogP contribution in [-0.4, -0.2) is 44.4 Å². The van der Waals surface area contributed by atoms with E-state index >= 15 is 0 Å². The molecule has 0 bridgehead atoms. The van der Waals surface area contributed by atoms with E-state index in [1.807, 2.05) is 31.2 Å². The number of hydrogen-bond acceptors (Lipinski definition) is 4. The van der Waals surface area contributed by atoms with Crippen molar-refractivity contribution in [2.45, 2.75) is 33.1 Å². The fourth-order valence-corrected chi connectivity index (χ4v) is 3.00. The quantitative estimate of drug-likeness (QED) is 0.306. The molecular formula is C23H33N3O3. The molecule has 158 valence electrons. The van der Waals surface area contributed by atoms with Crippen molar-refractivity contribution < 1.29 is 14.6 Å². The Bertz CT molecular complexity index is 778. The number of phenols is 1. The van der Waals surface area contributed by atoms with E-state index in [1.165, 1.54) is 5.56 Å². The van der Waals surface area contributed by atoms with Crippen molar-refractivity contribution >= 4 is 5.96 Å². The fraction of sp³-hybridized carbons (Fsp3) is 0.435. The number of aliphatic imine (C=N–C) groups is 1. The van der Waals surface area contributed by atoms with E-state index in [2.05, 4.69) is 28.6 Å². The monoisotopic (exact) mass is 399 g/mol. The van der Waals surface area contributed by atoms with E-state index in [4.69, 9.17) is 9.47 Å². The normalized spacial score (nSPS) is 11.2. The van der Waals surface area contributed by atoms with E-state index in [0.717, 1.165) is 61.9 Å². The maximum atomic E-state index is 9.55. The van der Waals surface area contributed by atoms with Crippen molar-refractivity contribution in [2.24, 2.45) is 4.99 Å². The highest BCUT2D eigenvalue weighted by atomic mass is 16.5. The van der Waals surface area contributed by atoms with Gasteiger partial charge in [0.1, 0.15) is 5.75 Å². The Morgan fingerprint density at radius 2 is 1.83 bits per heavy atom. The van der Waals surface area contributed by atoms with Gasteiger partial charge in [0.05, 0.1) is 13.7 Å². The van der Waals surface area contributed by atoms with Crippen molar-refractivity contribution in [1.29, 1.82) is 0 Å². The first kappa shape index (κ1) is 22.4. The SMILES string of the molecule is CCNC(=NCCCc1ccc(OC)c(OCC)c1)NCCc1cccc(O)c1. The van der Waals surface area contributed by atoms with E-state index < -0.39 is 0 Å². The van der Waals surface area contributed by atoms with Crippen molar-refractivity contribution in [3.63, 3.8) is 0 Å². The Hall–Kier alpha value is -2.89. The average Bonchev–Trinajstić information content (AvgIpc) is 2.71. The zero-order valence-electron chi connectivity index (χ0n) is 17.7. The molecule has 2 aromatic rings. The third kappa shape index (κ3) is 7.94. The van der Waals surface area contributed by atoms with Crippen LogP contribution in [0.15, 0.2) is 47.5 Å². The molecule has 0 saturated heterocycles. The number of guanidine groups is 1. The third-order valence-corrected chi connectivity index (χ3v) is 4.38. The minimum Gasteiger partial charge on any atom is -0.508 e. The zero-order chi connectivity index (χ0) is 20.9. The van der Waals surface area contributed by atoms with Gasteiger partial charge in [0.15, 0.2) is 17.5 Å². The minimum atomic E-state index is 0.300. The maximum Gasteiger partial charge on any atom is 0.191 e. The molecule has 29 heavy (non-hydrogen) atoms. The van der Waals surface area contributed by atoms with Crippen molar-refractivity contribution in [3.05, 3.63) is 53.6 Å². The Kier molecular flexibility index (Phi) is 9.69. The Labute approximate surface area is 174 Å². The minimum absolute atomic E-state index is 0.300. The fourth-order valence-electron chi connectivity index (χ4n) is 3.00. The predicted molar refractivity (Wildman–Crippen MR) is 118 cm³/mol. The van der Waals surface area contributed by atoms with Crippen LogP contribution in [0.2, 0.25) is 0 Å². The van der Waals surface area contributed by atoms with Crippen LogP contribution >= 0.6 is 0 Å². The summed E-state index contributed by atoms with van der Waals surface area (Å²) >= 11 is 0. The Balaban J connectivity index is 1.81. The van der Waals surface area contributed by atoms with Gasteiger partial charge in [-0.05, 0) is 68.5 Å². The standard InChI is InChI=1S/C23H33N3O3/c1-4-24-23(26-15-13-19-8-6-10-20(27)16-19)25-14-7-9-18-11-12-21(28-3)22(17-18)29-5-2/h6,8,10-12,16-17,27H,4-5,7,9,13-15H2,1-3H3,(H2,24,25,26). The summed E-state index contributed by atoms with van der Waals surface area (Å²) in [4.78, 5) is 4.66. The smallest absolute Gasteiger partial charge is 0.191 e. The van der Waals surface area contributed by atoms with Crippen molar-refractivity contribution in [3.8, 4) is 17.2 Å². The average molecular weight is 400 g/mol. The summed E-state index contributed by atoms with van der Waals surface area (Å²) in [7, 11) is 1.65. The van der Waals surface area contributed by atoms with Gasteiger partial charge in [0.2, 0.25) is 0 Å². The molecule has 2 rings (SSSR count). The van der Waals surface area contributed by atoms with Gasteiger partial charge in [-0.1, -0.05) is 18.2 Å². The molecule has 0 fully saturated rings. The number of hydrogen-bond donors (Lipinski definition) is 3. The van der Waals surface area contributed by atoms with Crippen LogP contribution in [0.1, 0.15) is 31.4 Å². The molecule has 0 saturated carbocycles. The highest BCUT2D eigenvalue weighted by Gasteiger charge is 2.05. The van der Waals surface area contributed by atoms with Crippen LogP contribution in [0.25, 0.3) is 0 Å². The van der Waals surface area contributed by atoms with Gasteiger partial charge in [0, 0.05) is 19.6 Å². The van der Waals surface area contributed by atoms with Gasteiger partial charge in [-0.3, -0.25) is 4.99 Å². The van der Waals surface area contributed by atoms with Crippen LogP contribution in [-0.2, 0) is 12.8 Å². The molecule has 0 unspecified atom stereocenters. The first-order valence-electron chi connectivity index (χ1n) is 10.3. The highest BCUT2D eigenvalue weighted by Crippen LogP contribution is 2.28. The lowest BCUT2D eigenvalue weighted by Crippen LogP contribution is -2.38. The zero-order valence-corrected chi connectivity index (χ0v) is 17.7. The number of methoxy groups -OCH3 is 1. The van der Waals surface area contributed by atoms with Crippen LogP contribution in [0.3, 0.4) is 0 Å². The molecule has 0 atom stereocenters. The topological polar surface area (TPSA) is 75.1 Å². The summed E-state index contributed by atoms with van der Waals surface area (Å²) in [5, 5.41) is 16.2. The maximum absolute atomic E-state index is 9.55. The number of nitrogens with zero attached hydrogens (tertiary/aromatic N) is 1. The number of phenolic OH excluding ortho intramolecular Hbond substituents is 1. The van der Waals surface area contributed by atoms with Crippen LogP contribution in [0.5, 0.6) is 17.2 Å². The molecule has 6 heteroatoms. The second-order valence-corrected chi connectivity index (χ2v) is 6.63. The largest absolute Gasteiger partial charge is 0.508 e. The lowest BCUT2D eigenvalue weighted by Gasteiger charge is -2.12. The molecule has 0 aliphatic rings. The number of ether oxygens (including phenoxy) is 2. The number of aromatic hydroxyl groups is 1. The number of nitrogens with one attached hydrogen (secondary N) is 2. The van der Waals surface area contributed by atoms with E-state index in [9.17, 15) is 5.11 Å². The summed E-state index contributed by atoms with van der Waals surface area (Å²) in [6.07, 6.45) is 2.70. The van der Waals surface area contributed by atoms with Crippen LogP contribution in [0.4, 0.5) is 0 Å². The number of benzene rings is 2. The summed E-state index contributed by atoms with van der Waals surface area (Å²) in [6.45, 7) is 6.94. The summed E-state index contributed by atoms with van der Waals surface area (Å²) in [5.74, 6) is 2.67. The van der Waals surface area contributed by atoms with Gasteiger partial charge in [-0.15, -0.1) is 0 Å². The van der Waals surface area contributed by atoms with Crippen LogP contribution < -0.4 is 20.1 Å². The van der Waals surface area contributed by atoms with Crippen molar-refractivity contribution in [1.82, 2.24) is 10.6 Å². The molecule has 0 spiro atoms. The third-order valence-electron chi connectivity index (χ3n) is 4.38. The first-order valence-corrected chi connectivity index (χ1v) is 10.3. The lowest BCUT2D eigenvalue weighted by molar-refractivity contribution is 0.310. The molecule has 0 aliphatic carbocycles. The van der Waals surface area contributed by atoms with Crippen LogP contribution in [0, 0.1) is 0 Å². The molecule has 6 nitrogen and oxygen atoms in total. The second kappa shape index (κ2) is 12.5. The van der Waals surface area contributed by atoms with E-state index in [0.29, 0.717) is 12.4 Å². The van der Waals surface area contributed by atoms with Gasteiger partial charge < -0.3 is 25.2 Å². The molecule has 2 aromatic carbocycles. The number of aryl methyl sites for hydroxylation is 1. The molecule has 0 radical (unpaired) electrons. The van der Waals surface area contributed by atoms with Gasteiger partial charge >= 0.3 is 0 Å². The molecule has 0 aliphatic heterocycles. The summed E-state index contributed by atoms with van der Waals surface area (Å²) < 4.78 is 11.0. The Morgan fingerprint density at radius 1 is 1.00 bits per heavy atom. The lowest BCUT2D eigenvalue weighted by atomic mass is 10.1. The molecule has 0 aromatic heterocycles. The predicted octanol–water partition coefficient (Wildman–Crippen LogP) is 3.53. The van der Waals surface area contributed by atoms with Gasteiger partial charge in [0.25, 0.3) is 0 Å².